The maximum atomic E-state index is 10.8. The topological polar surface area (TPSA) is 44.3 Å². The van der Waals surface area contributed by atoms with E-state index in [1.165, 1.54) is 51.4 Å². The fourth-order valence-electron chi connectivity index (χ4n) is 5.21. The van der Waals surface area contributed by atoms with Crippen molar-refractivity contribution < 1.29 is 5.11 Å². The Labute approximate surface area is 156 Å². The van der Waals surface area contributed by atoms with Gasteiger partial charge in [-0.05, 0) is 0 Å². The van der Waals surface area contributed by atoms with Crippen LogP contribution in [0.5, 0.6) is 0 Å². The predicted molar refractivity (Wildman–Crippen MR) is 112 cm³/mol. The van der Waals surface area contributed by atoms with Gasteiger partial charge in [-0.1, -0.05) is 0 Å². The summed E-state index contributed by atoms with van der Waals surface area (Å²) in [5, 5.41) is 14.8. The Morgan fingerprint density at radius 1 is 1.25 bits per heavy atom. The van der Waals surface area contributed by atoms with E-state index >= 15 is 0 Å². The molecule has 2 saturated carbocycles. The first-order valence-electron chi connectivity index (χ1n) is 10.3. The van der Waals surface area contributed by atoms with Crippen LogP contribution >= 0.6 is 20.1 Å². The van der Waals surface area contributed by atoms with Crippen molar-refractivity contribution in [2.24, 2.45) is 11.8 Å². The summed E-state index contributed by atoms with van der Waals surface area (Å²) >= 11 is -1.15. The molecule has 4 heteroatoms. The normalized spacial score (nSPS) is 45.6. The van der Waals surface area contributed by atoms with Crippen LogP contribution in [0.15, 0.2) is 0 Å². The van der Waals surface area contributed by atoms with Crippen molar-refractivity contribution in [1.29, 1.82) is 0 Å². The molecule has 0 spiro atoms. The fourth-order valence-corrected chi connectivity index (χ4v) is 13.7. The van der Waals surface area contributed by atoms with E-state index in [-0.39, 0.29) is 6.10 Å². The SMILES string of the molecule is CCCCCC1CC(O)C2CC(I(NC)C3(C)C[C@@H]3C)CCC2N1. The van der Waals surface area contributed by atoms with Gasteiger partial charge in [-0.3, -0.25) is 0 Å². The molecule has 1 heterocycles. The molecule has 24 heavy (non-hydrogen) atoms. The van der Waals surface area contributed by atoms with Gasteiger partial charge < -0.3 is 0 Å². The number of rotatable bonds is 7. The molecule has 0 aromatic heterocycles. The van der Waals surface area contributed by atoms with E-state index in [9.17, 15) is 5.11 Å². The number of piperidine rings is 1. The van der Waals surface area contributed by atoms with E-state index in [1.54, 1.807) is 0 Å². The van der Waals surface area contributed by atoms with Gasteiger partial charge in [0.15, 0.2) is 0 Å². The zero-order valence-corrected chi connectivity index (χ0v) is 18.3. The minimum absolute atomic E-state index is 0.0651. The first-order chi connectivity index (χ1) is 11.5. The van der Waals surface area contributed by atoms with Gasteiger partial charge in [0.25, 0.3) is 0 Å². The van der Waals surface area contributed by atoms with E-state index in [4.69, 9.17) is 0 Å². The Balaban J connectivity index is 1.56. The van der Waals surface area contributed by atoms with Crippen molar-refractivity contribution in [2.45, 2.75) is 104 Å². The zero-order chi connectivity index (χ0) is 17.3. The quantitative estimate of drug-likeness (QED) is 0.235. The Bertz CT molecular complexity index is 420. The third-order valence-corrected chi connectivity index (χ3v) is 15.2. The van der Waals surface area contributed by atoms with Crippen LogP contribution in [0.1, 0.15) is 78.6 Å². The molecule has 0 aromatic rings. The van der Waals surface area contributed by atoms with Gasteiger partial charge in [-0.25, -0.2) is 0 Å². The van der Waals surface area contributed by atoms with Crippen LogP contribution in [-0.4, -0.2) is 37.7 Å². The zero-order valence-electron chi connectivity index (χ0n) is 16.2. The van der Waals surface area contributed by atoms with E-state index in [2.05, 4.69) is 36.7 Å². The summed E-state index contributed by atoms with van der Waals surface area (Å²) in [7, 11) is 2.21. The van der Waals surface area contributed by atoms with Crippen LogP contribution in [0.25, 0.3) is 0 Å². The molecule has 3 N–H and O–H groups in total. The third kappa shape index (κ3) is 3.96. The summed E-state index contributed by atoms with van der Waals surface area (Å²) in [6, 6.07) is 1.14. The molecule has 1 saturated heterocycles. The number of halogens is 1. The molecule has 6 unspecified atom stereocenters. The van der Waals surface area contributed by atoms with Crippen molar-refractivity contribution >= 4 is 20.1 Å². The number of fused-ring (bicyclic) bond motifs is 1. The molecule has 0 bridgehead atoms. The number of unbranched alkanes of at least 4 members (excludes halogenated alkanes) is 2. The van der Waals surface area contributed by atoms with Crippen LogP contribution in [0.3, 0.4) is 0 Å². The number of hydrogen-bond donors (Lipinski definition) is 3. The summed E-state index contributed by atoms with van der Waals surface area (Å²) in [6.07, 6.45) is 11.5. The molecule has 3 nitrogen and oxygen atoms in total. The van der Waals surface area contributed by atoms with Crippen molar-refractivity contribution in [1.82, 2.24) is 8.85 Å². The number of aliphatic hydroxyl groups is 1. The molecule has 3 aliphatic rings. The second kappa shape index (κ2) is 8.10. The van der Waals surface area contributed by atoms with Gasteiger partial charge in [0.05, 0.1) is 0 Å². The van der Waals surface area contributed by atoms with E-state index < -0.39 is 20.1 Å². The summed E-state index contributed by atoms with van der Waals surface area (Å²) < 4.78 is 5.35. The van der Waals surface area contributed by atoms with E-state index in [0.29, 0.717) is 21.4 Å². The van der Waals surface area contributed by atoms with E-state index in [1.807, 2.05) is 0 Å². The molecule has 0 radical (unpaired) electrons. The third-order valence-electron chi connectivity index (χ3n) is 7.01. The van der Waals surface area contributed by atoms with Gasteiger partial charge in [0.1, 0.15) is 0 Å². The van der Waals surface area contributed by atoms with Gasteiger partial charge in [0.2, 0.25) is 0 Å². The molecular weight excluding hydrogens is 411 g/mol. The molecule has 7 atom stereocenters. The Morgan fingerprint density at radius 2 is 2.00 bits per heavy atom. The van der Waals surface area contributed by atoms with Crippen LogP contribution < -0.4 is 8.85 Å². The molecule has 0 aromatic carbocycles. The van der Waals surface area contributed by atoms with Gasteiger partial charge in [0, 0.05) is 0 Å². The standard InChI is InChI=1S/C20H39IN2O/c1-5-6-7-8-16-12-19(24)17-11-15(9-10-18(17)23-16)21(22-4)20(3)13-14(20)2/h14-19,22-24H,5-13H2,1-4H3/t14-,15?,16?,17?,18?,19?,20?/m0/s1. The van der Waals surface area contributed by atoms with Crippen LogP contribution in [0, 0.1) is 11.8 Å². The number of alkyl halides is 2. The molecule has 142 valence electrons. The van der Waals surface area contributed by atoms with Crippen molar-refractivity contribution in [3.63, 3.8) is 0 Å². The molecule has 1 aliphatic heterocycles. The van der Waals surface area contributed by atoms with Crippen LogP contribution in [0.4, 0.5) is 0 Å². The molecule has 3 fully saturated rings. The van der Waals surface area contributed by atoms with Crippen molar-refractivity contribution in [3.05, 3.63) is 0 Å². The van der Waals surface area contributed by atoms with Crippen molar-refractivity contribution in [2.75, 3.05) is 7.05 Å². The van der Waals surface area contributed by atoms with Crippen LogP contribution in [0.2, 0.25) is 0 Å². The first kappa shape index (κ1) is 19.4. The average Bonchev–Trinajstić information content (AvgIpc) is 3.16. The summed E-state index contributed by atoms with van der Waals surface area (Å²) in [6.45, 7) is 7.24. The summed E-state index contributed by atoms with van der Waals surface area (Å²) in [5.41, 5.74) is 0. The monoisotopic (exact) mass is 450 g/mol. The first-order valence-corrected chi connectivity index (χ1v) is 13.7. The maximum absolute atomic E-state index is 10.8. The number of aliphatic hydroxyl groups excluding tert-OH is 1. The predicted octanol–water partition coefficient (Wildman–Crippen LogP) is 4.27. The van der Waals surface area contributed by atoms with Crippen molar-refractivity contribution in [3.8, 4) is 0 Å². The Morgan fingerprint density at radius 3 is 2.62 bits per heavy atom. The van der Waals surface area contributed by atoms with Gasteiger partial charge >= 0.3 is 157 Å². The molecule has 2 aliphatic carbocycles. The minimum atomic E-state index is -1.15. The van der Waals surface area contributed by atoms with Gasteiger partial charge in [-0.15, -0.1) is 0 Å². The number of nitrogens with one attached hydrogen (secondary N) is 2. The van der Waals surface area contributed by atoms with E-state index in [0.717, 1.165) is 16.3 Å². The molecule has 3 rings (SSSR count). The van der Waals surface area contributed by atoms with Gasteiger partial charge in [-0.2, -0.15) is 0 Å². The summed E-state index contributed by atoms with van der Waals surface area (Å²) in [5.74, 6) is 1.43. The Kier molecular flexibility index (Phi) is 6.54. The second-order valence-electron chi connectivity index (χ2n) is 8.73. The fraction of sp³-hybridized carbons (Fsp3) is 1.00. The second-order valence-corrected chi connectivity index (χ2v) is 15.8. The number of hydrogen-bond acceptors (Lipinski definition) is 3. The molecule has 0 amide bonds. The summed E-state index contributed by atoms with van der Waals surface area (Å²) in [4.78, 5) is 0. The van der Waals surface area contributed by atoms with Crippen LogP contribution in [-0.2, 0) is 0 Å². The molecular formula is C20H39IN2O. The Hall–Kier alpha value is 0.610. The average molecular weight is 450 g/mol.